The van der Waals surface area contributed by atoms with Gasteiger partial charge in [-0.05, 0) is 65.0 Å². The zero-order chi connectivity index (χ0) is 17.1. The summed E-state index contributed by atoms with van der Waals surface area (Å²) in [5.41, 5.74) is 2.95. The van der Waals surface area contributed by atoms with E-state index in [1.807, 2.05) is 12.1 Å². The number of allylic oxidation sites excluding steroid dienone is 3. The van der Waals surface area contributed by atoms with Gasteiger partial charge in [-0.1, -0.05) is 32.4 Å². The number of benzene rings is 1. The molecular weight excluding hydrogens is 300 g/mol. The van der Waals surface area contributed by atoms with E-state index in [1.54, 1.807) is 0 Å². The van der Waals surface area contributed by atoms with Crippen LogP contribution in [0.3, 0.4) is 0 Å². The van der Waals surface area contributed by atoms with Crippen molar-refractivity contribution >= 4 is 17.6 Å². The van der Waals surface area contributed by atoms with Crippen molar-refractivity contribution in [3.8, 4) is 0 Å². The van der Waals surface area contributed by atoms with Crippen LogP contribution in [0.4, 0.5) is 0 Å². The molecule has 0 spiro atoms. The van der Waals surface area contributed by atoms with Gasteiger partial charge < -0.3 is 5.11 Å². The Morgan fingerprint density at radius 1 is 1.04 bits per heavy atom. The van der Waals surface area contributed by atoms with Crippen molar-refractivity contribution in [1.29, 1.82) is 0 Å². The van der Waals surface area contributed by atoms with Crippen LogP contribution in [0.1, 0.15) is 65.0 Å². The third kappa shape index (κ3) is 1.94. The molecule has 3 nitrogen and oxygen atoms in total. The molecule has 3 aliphatic carbocycles. The Kier molecular flexibility index (Phi) is 3.23. The number of carbonyl (C=O) groups excluding carboxylic acids is 2. The van der Waals surface area contributed by atoms with Crippen LogP contribution in [0, 0.1) is 11.3 Å². The number of hydrogen-bond acceptors (Lipinski definition) is 3. The third-order valence-electron chi connectivity index (χ3n) is 6.43. The van der Waals surface area contributed by atoms with Gasteiger partial charge in [0.1, 0.15) is 0 Å². The van der Waals surface area contributed by atoms with E-state index >= 15 is 0 Å². The molecule has 1 aromatic carbocycles. The lowest BCUT2D eigenvalue weighted by Gasteiger charge is -2.53. The van der Waals surface area contributed by atoms with E-state index in [1.165, 1.54) is 12.2 Å². The first kappa shape index (κ1) is 15.5. The lowest BCUT2D eigenvalue weighted by Crippen LogP contribution is -2.48. The number of rotatable bonds is 1. The summed E-state index contributed by atoms with van der Waals surface area (Å²) in [6.07, 6.45) is 10.1. The Hall–Kier alpha value is -2.00. The SMILES string of the molecule is CC1(CO)CCCC2(C)c3cc4c(cc3C=CC12)C(=O)C=CC4=O. The van der Waals surface area contributed by atoms with Gasteiger partial charge in [0.25, 0.3) is 0 Å². The average Bonchev–Trinajstić information content (AvgIpc) is 2.57. The van der Waals surface area contributed by atoms with Crippen LogP contribution in [0.15, 0.2) is 30.4 Å². The summed E-state index contributed by atoms with van der Waals surface area (Å²) in [4.78, 5) is 24.4. The van der Waals surface area contributed by atoms with Gasteiger partial charge in [0, 0.05) is 17.7 Å². The molecule has 1 N–H and O–H groups in total. The maximum atomic E-state index is 12.3. The zero-order valence-electron chi connectivity index (χ0n) is 14.1. The molecule has 0 heterocycles. The monoisotopic (exact) mass is 322 g/mol. The Morgan fingerprint density at radius 3 is 2.38 bits per heavy atom. The first-order valence-electron chi connectivity index (χ1n) is 8.63. The standard InChI is InChI=1S/C21H22O3/c1-20(12-22)8-3-9-21(2)16-11-15-14(17(23)5-6-18(15)24)10-13(16)4-7-19(20)21/h4-7,10-11,19,22H,3,8-9,12H2,1-2H3. The minimum atomic E-state index is -0.142. The van der Waals surface area contributed by atoms with Crippen LogP contribution in [-0.2, 0) is 5.41 Å². The summed E-state index contributed by atoms with van der Waals surface area (Å²) in [7, 11) is 0. The summed E-state index contributed by atoms with van der Waals surface area (Å²) in [5, 5.41) is 9.98. The lowest BCUT2D eigenvalue weighted by atomic mass is 9.51. The second kappa shape index (κ2) is 5.00. The molecule has 0 amide bonds. The molecule has 3 aliphatic rings. The smallest absolute Gasteiger partial charge is 0.186 e. The zero-order valence-corrected chi connectivity index (χ0v) is 14.1. The number of carbonyl (C=O) groups is 2. The highest BCUT2D eigenvalue weighted by Crippen LogP contribution is 2.56. The van der Waals surface area contributed by atoms with E-state index in [0.29, 0.717) is 11.1 Å². The highest BCUT2D eigenvalue weighted by Gasteiger charge is 2.50. The summed E-state index contributed by atoms with van der Waals surface area (Å²) in [6.45, 7) is 4.56. The van der Waals surface area contributed by atoms with Crippen molar-refractivity contribution in [2.75, 3.05) is 6.61 Å². The van der Waals surface area contributed by atoms with Crippen LogP contribution >= 0.6 is 0 Å². The molecule has 124 valence electrons. The van der Waals surface area contributed by atoms with Crippen LogP contribution in [0.2, 0.25) is 0 Å². The van der Waals surface area contributed by atoms with Crippen molar-refractivity contribution in [3.05, 3.63) is 52.6 Å². The molecule has 4 rings (SSSR count). The maximum absolute atomic E-state index is 12.3. The van der Waals surface area contributed by atoms with Gasteiger partial charge in [-0.15, -0.1) is 0 Å². The average molecular weight is 322 g/mol. The summed E-state index contributed by atoms with van der Waals surface area (Å²) >= 11 is 0. The molecule has 1 saturated carbocycles. The van der Waals surface area contributed by atoms with Gasteiger partial charge in [0.05, 0.1) is 0 Å². The molecule has 1 aromatic rings. The van der Waals surface area contributed by atoms with E-state index in [4.69, 9.17) is 0 Å². The van der Waals surface area contributed by atoms with Gasteiger partial charge in [0.2, 0.25) is 0 Å². The van der Waals surface area contributed by atoms with Crippen LogP contribution < -0.4 is 0 Å². The molecule has 3 atom stereocenters. The molecule has 0 radical (unpaired) electrons. The van der Waals surface area contributed by atoms with E-state index in [2.05, 4.69) is 26.0 Å². The molecular formula is C21H22O3. The van der Waals surface area contributed by atoms with E-state index in [9.17, 15) is 14.7 Å². The first-order chi connectivity index (χ1) is 11.4. The molecule has 3 heteroatoms. The first-order valence-corrected chi connectivity index (χ1v) is 8.63. The third-order valence-corrected chi connectivity index (χ3v) is 6.43. The quantitative estimate of drug-likeness (QED) is 0.857. The van der Waals surface area contributed by atoms with Crippen molar-refractivity contribution in [3.63, 3.8) is 0 Å². The van der Waals surface area contributed by atoms with Crippen LogP contribution in [0.5, 0.6) is 0 Å². The Labute approximate surface area is 142 Å². The Balaban J connectivity index is 1.92. The van der Waals surface area contributed by atoms with Crippen molar-refractivity contribution in [2.45, 2.75) is 38.5 Å². The van der Waals surface area contributed by atoms with Gasteiger partial charge in [-0.25, -0.2) is 0 Å². The van der Waals surface area contributed by atoms with Gasteiger partial charge in [0.15, 0.2) is 11.6 Å². The van der Waals surface area contributed by atoms with Gasteiger partial charge >= 0.3 is 0 Å². The fraction of sp³-hybridized carbons (Fsp3) is 0.429. The van der Waals surface area contributed by atoms with Crippen LogP contribution in [0.25, 0.3) is 6.08 Å². The van der Waals surface area contributed by atoms with E-state index in [0.717, 1.165) is 30.4 Å². The number of aliphatic hydroxyl groups is 1. The fourth-order valence-corrected chi connectivity index (χ4v) is 5.05. The molecule has 0 aromatic heterocycles. The summed E-state index contributed by atoms with van der Waals surface area (Å²) in [6, 6.07) is 3.81. The number of hydrogen-bond donors (Lipinski definition) is 1. The summed E-state index contributed by atoms with van der Waals surface area (Å²) in [5.74, 6) is 0.0407. The molecule has 24 heavy (non-hydrogen) atoms. The number of fused-ring (bicyclic) bond motifs is 4. The van der Waals surface area contributed by atoms with Crippen molar-refractivity contribution < 1.29 is 14.7 Å². The molecule has 3 unspecified atom stereocenters. The largest absolute Gasteiger partial charge is 0.396 e. The molecule has 1 fully saturated rings. The van der Waals surface area contributed by atoms with E-state index in [-0.39, 0.29) is 34.9 Å². The topological polar surface area (TPSA) is 54.4 Å². The normalized spacial score (nSPS) is 33.9. The minimum absolute atomic E-state index is 0.0946. The second-order valence-corrected chi connectivity index (χ2v) is 7.97. The predicted molar refractivity (Wildman–Crippen MR) is 93.2 cm³/mol. The molecule has 0 bridgehead atoms. The van der Waals surface area contributed by atoms with E-state index < -0.39 is 0 Å². The maximum Gasteiger partial charge on any atom is 0.186 e. The number of aliphatic hydroxyl groups excluding tert-OH is 1. The second-order valence-electron chi connectivity index (χ2n) is 7.97. The highest BCUT2D eigenvalue weighted by molar-refractivity contribution is 6.22. The Morgan fingerprint density at radius 2 is 1.71 bits per heavy atom. The molecule has 0 aliphatic heterocycles. The molecule has 0 saturated heterocycles. The predicted octanol–water partition coefficient (Wildman–Crippen LogP) is 3.71. The van der Waals surface area contributed by atoms with Crippen LogP contribution in [-0.4, -0.2) is 23.3 Å². The van der Waals surface area contributed by atoms with Gasteiger partial charge in [-0.3, -0.25) is 9.59 Å². The minimum Gasteiger partial charge on any atom is -0.396 e. The number of ketones is 2. The fourth-order valence-electron chi connectivity index (χ4n) is 5.05. The highest BCUT2D eigenvalue weighted by atomic mass is 16.3. The van der Waals surface area contributed by atoms with Crippen molar-refractivity contribution in [1.82, 2.24) is 0 Å². The van der Waals surface area contributed by atoms with Gasteiger partial charge in [-0.2, -0.15) is 0 Å². The Bertz CT molecular complexity index is 817. The lowest BCUT2D eigenvalue weighted by molar-refractivity contribution is 0.0171. The summed E-state index contributed by atoms with van der Waals surface area (Å²) < 4.78 is 0. The van der Waals surface area contributed by atoms with Crippen molar-refractivity contribution in [2.24, 2.45) is 11.3 Å².